The number of unbranched alkanes of at least 4 members (excludes halogenated alkanes) is 6. The Balaban J connectivity index is 3.10. The van der Waals surface area contributed by atoms with Crippen LogP contribution in [-0.4, -0.2) is 11.1 Å². The summed E-state index contributed by atoms with van der Waals surface area (Å²) in [6, 6.07) is 0. The molecule has 0 bridgehead atoms. The molecule has 0 aliphatic heterocycles. The third kappa shape index (κ3) is 14.9. The molecule has 0 heterocycles. The van der Waals surface area contributed by atoms with Crippen LogP contribution < -0.4 is 0 Å². The van der Waals surface area contributed by atoms with Crippen molar-refractivity contribution >= 4 is 5.97 Å². The Bertz CT molecular complexity index is 229. The number of carbonyl (C=O) groups is 1. The molecule has 0 saturated heterocycles. The van der Waals surface area contributed by atoms with Gasteiger partial charge in [-0.1, -0.05) is 43.6 Å². The van der Waals surface area contributed by atoms with E-state index in [1.807, 2.05) is 6.92 Å². The van der Waals surface area contributed by atoms with Crippen LogP contribution in [0.1, 0.15) is 64.7 Å². The number of aliphatic carboxylic acids is 1. The van der Waals surface area contributed by atoms with Gasteiger partial charge in [-0.05, 0) is 39.0 Å². The molecule has 0 amide bonds. The number of hydrogen-bond donors (Lipinski definition) is 1. The Labute approximate surface area is 105 Å². The summed E-state index contributed by atoms with van der Waals surface area (Å²) in [4.78, 5) is 10.3. The van der Waals surface area contributed by atoms with Gasteiger partial charge in [-0.15, -0.1) is 0 Å². The van der Waals surface area contributed by atoms with Crippen LogP contribution in [0.15, 0.2) is 24.3 Å². The molecule has 0 aliphatic rings. The molecule has 0 spiro atoms. The fraction of sp³-hybridized carbons (Fsp3) is 0.667. The third-order valence-electron chi connectivity index (χ3n) is 2.66. The van der Waals surface area contributed by atoms with Gasteiger partial charge in [0, 0.05) is 6.42 Å². The van der Waals surface area contributed by atoms with Gasteiger partial charge in [0.15, 0.2) is 0 Å². The van der Waals surface area contributed by atoms with E-state index in [1.54, 1.807) is 0 Å². The maximum Gasteiger partial charge on any atom is 0.303 e. The second-order valence-corrected chi connectivity index (χ2v) is 4.32. The minimum Gasteiger partial charge on any atom is -0.481 e. The smallest absolute Gasteiger partial charge is 0.303 e. The average molecular weight is 238 g/mol. The fourth-order valence-corrected chi connectivity index (χ4v) is 1.66. The largest absolute Gasteiger partial charge is 0.481 e. The fourth-order valence-electron chi connectivity index (χ4n) is 1.66. The monoisotopic (exact) mass is 238 g/mol. The molecular formula is C15H26O2. The van der Waals surface area contributed by atoms with Crippen LogP contribution in [0.2, 0.25) is 0 Å². The van der Waals surface area contributed by atoms with Crippen LogP contribution >= 0.6 is 0 Å². The second-order valence-electron chi connectivity index (χ2n) is 4.32. The van der Waals surface area contributed by atoms with Gasteiger partial charge in [0.1, 0.15) is 0 Å². The zero-order valence-corrected chi connectivity index (χ0v) is 11.0. The molecule has 98 valence electrons. The van der Waals surface area contributed by atoms with E-state index in [4.69, 9.17) is 5.11 Å². The van der Waals surface area contributed by atoms with Gasteiger partial charge >= 0.3 is 5.97 Å². The van der Waals surface area contributed by atoms with Crippen molar-refractivity contribution in [1.29, 1.82) is 0 Å². The highest BCUT2D eigenvalue weighted by molar-refractivity contribution is 5.66. The van der Waals surface area contributed by atoms with Crippen molar-refractivity contribution in [3.05, 3.63) is 24.3 Å². The summed E-state index contributed by atoms with van der Waals surface area (Å²) in [5.41, 5.74) is 0. The summed E-state index contributed by atoms with van der Waals surface area (Å²) in [7, 11) is 0. The van der Waals surface area contributed by atoms with E-state index in [9.17, 15) is 4.79 Å². The van der Waals surface area contributed by atoms with E-state index in [-0.39, 0.29) is 0 Å². The van der Waals surface area contributed by atoms with Gasteiger partial charge in [0.2, 0.25) is 0 Å². The van der Waals surface area contributed by atoms with Crippen LogP contribution in [-0.2, 0) is 4.79 Å². The molecule has 1 N–H and O–H groups in total. The number of allylic oxidation sites excluding steroid dienone is 4. The van der Waals surface area contributed by atoms with Gasteiger partial charge in [0.25, 0.3) is 0 Å². The molecule has 17 heavy (non-hydrogen) atoms. The Morgan fingerprint density at radius 1 is 0.882 bits per heavy atom. The highest BCUT2D eigenvalue weighted by atomic mass is 16.4. The predicted octanol–water partition coefficient (Wildman–Crippen LogP) is 4.71. The highest BCUT2D eigenvalue weighted by Gasteiger charge is 1.95. The maximum atomic E-state index is 10.3. The minimum atomic E-state index is -0.672. The number of hydrogen-bond acceptors (Lipinski definition) is 1. The van der Waals surface area contributed by atoms with Crippen molar-refractivity contribution in [3.8, 4) is 0 Å². The first-order valence-corrected chi connectivity index (χ1v) is 6.75. The summed E-state index contributed by atoms with van der Waals surface area (Å²) in [5, 5.41) is 8.46. The molecule has 0 aliphatic carbocycles. The zero-order valence-electron chi connectivity index (χ0n) is 11.0. The molecule has 0 saturated carbocycles. The Morgan fingerprint density at radius 3 is 2.18 bits per heavy atom. The summed E-state index contributed by atoms with van der Waals surface area (Å²) in [6.07, 6.45) is 18.1. The topological polar surface area (TPSA) is 37.3 Å². The Hall–Kier alpha value is -1.05. The first kappa shape index (κ1) is 16.0. The van der Waals surface area contributed by atoms with E-state index in [1.165, 1.54) is 19.3 Å². The molecule has 0 aromatic carbocycles. The van der Waals surface area contributed by atoms with Gasteiger partial charge < -0.3 is 5.11 Å². The van der Waals surface area contributed by atoms with Crippen molar-refractivity contribution in [3.63, 3.8) is 0 Å². The van der Waals surface area contributed by atoms with Crippen LogP contribution in [0, 0.1) is 0 Å². The van der Waals surface area contributed by atoms with E-state index in [0.717, 1.165) is 32.1 Å². The van der Waals surface area contributed by atoms with Crippen LogP contribution in [0.5, 0.6) is 0 Å². The number of rotatable bonds is 11. The first-order chi connectivity index (χ1) is 8.27. The number of carboxylic acid groups (broad SMARTS) is 1. The van der Waals surface area contributed by atoms with Crippen molar-refractivity contribution in [2.24, 2.45) is 0 Å². The lowest BCUT2D eigenvalue weighted by Gasteiger charge is -1.98. The van der Waals surface area contributed by atoms with Crippen molar-refractivity contribution in [1.82, 2.24) is 0 Å². The van der Waals surface area contributed by atoms with E-state index < -0.39 is 5.97 Å². The van der Waals surface area contributed by atoms with E-state index in [2.05, 4.69) is 24.3 Å². The summed E-state index contributed by atoms with van der Waals surface area (Å²) in [6.45, 7) is 2.05. The molecule has 0 aromatic heterocycles. The minimum absolute atomic E-state index is 0.324. The van der Waals surface area contributed by atoms with Gasteiger partial charge in [-0.25, -0.2) is 0 Å². The molecule has 0 unspecified atom stereocenters. The molecule has 0 rings (SSSR count). The maximum absolute atomic E-state index is 10.3. The lowest BCUT2D eigenvalue weighted by molar-refractivity contribution is -0.137. The van der Waals surface area contributed by atoms with Crippen LogP contribution in [0.3, 0.4) is 0 Å². The standard InChI is InChI=1S/C15H26O2/c1-2-3-4-5-6-7-8-9-10-11-12-13-14-15(16)17/h2-3,6-7H,4-5,8-14H2,1H3,(H,16,17)/b3-2-,7-6-. The second kappa shape index (κ2) is 13.0. The van der Waals surface area contributed by atoms with Crippen LogP contribution in [0.4, 0.5) is 0 Å². The third-order valence-corrected chi connectivity index (χ3v) is 2.66. The molecule has 0 aromatic rings. The molecule has 2 heteroatoms. The number of carboxylic acids is 1. The molecule has 2 nitrogen and oxygen atoms in total. The van der Waals surface area contributed by atoms with Gasteiger partial charge in [-0.2, -0.15) is 0 Å². The summed E-state index contributed by atoms with van der Waals surface area (Å²) in [5.74, 6) is -0.672. The quantitative estimate of drug-likeness (QED) is 0.418. The zero-order chi connectivity index (χ0) is 12.8. The highest BCUT2D eigenvalue weighted by Crippen LogP contribution is 2.07. The van der Waals surface area contributed by atoms with E-state index >= 15 is 0 Å². The Morgan fingerprint density at radius 2 is 1.47 bits per heavy atom. The van der Waals surface area contributed by atoms with Crippen LogP contribution in [0.25, 0.3) is 0 Å². The summed E-state index contributed by atoms with van der Waals surface area (Å²) >= 11 is 0. The van der Waals surface area contributed by atoms with Crippen molar-refractivity contribution in [2.45, 2.75) is 64.7 Å². The van der Waals surface area contributed by atoms with Crippen molar-refractivity contribution < 1.29 is 9.90 Å². The SMILES string of the molecule is C/C=C\CC/C=C\CCCCCCCC(=O)O. The average Bonchev–Trinajstić information content (AvgIpc) is 2.30. The van der Waals surface area contributed by atoms with E-state index in [0.29, 0.717) is 6.42 Å². The molecule has 0 fully saturated rings. The summed E-state index contributed by atoms with van der Waals surface area (Å²) < 4.78 is 0. The van der Waals surface area contributed by atoms with Gasteiger partial charge in [-0.3, -0.25) is 4.79 Å². The molecular weight excluding hydrogens is 212 g/mol. The predicted molar refractivity (Wildman–Crippen MR) is 73.1 cm³/mol. The lowest BCUT2D eigenvalue weighted by atomic mass is 10.1. The Kier molecular flexibility index (Phi) is 12.2. The lowest BCUT2D eigenvalue weighted by Crippen LogP contribution is -1.93. The first-order valence-electron chi connectivity index (χ1n) is 6.75. The normalized spacial score (nSPS) is 11.6. The van der Waals surface area contributed by atoms with Gasteiger partial charge in [0.05, 0.1) is 0 Å². The van der Waals surface area contributed by atoms with Crippen molar-refractivity contribution in [2.75, 3.05) is 0 Å². The molecule has 0 radical (unpaired) electrons. The molecule has 0 atom stereocenters.